The lowest BCUT2D eigenvalue weighted by atomic mass is 10.1. The van der Waals surface area contributed by atoms with Crippen molar-refractivity contribution in [3.63, 3.8) is 0 Å². The van der Waals surface area contributed by atoms with Crippen molar-refractivity contribution in [2.45, 2.75) is 26.8 Å². The normalized spacial score (nSPS) is 15.9. The van der Waals surface area contributed by atoms with Gasteiger partial charge in [0.2, 0.25) is 17.7 Å². The second-order valence-corrected chi connectivity index (χ2v) is 6.93. The van der Waals surface area contributed by atoms with Crippen molar-refractivity contribution >= 4 is 29.1 Å². The van der Waals surface area contributed by atoms with E-state index in [9.17, 15) is 14.4 Å². The number of hydrogen-bond donors (Lipinski definition) is 2. The number of hydrogen-bond acceptors (Lipinski definition) is 4. The van der Waals surface area contributed by atoms with Gasteiger partial charge in [0, 0.05) is 37.8 Å². The molecule has 7 nitrogen and oxygen atoms in total. The number of benzene rings is 2. The zero-order chi connectivity index (χ0) is 20.8. The monoisotopic (exact) mass is 395 g/mol. The zero-order valence-corrected chi connectivity index (χ0v) is 16.6. The molecule has 0 bridgehead atoms. The van der Waals surface area contributed by atoms with Crippen LogP contribution in [0.15, 0.2) is 48.5 Å². The minimum absolute atomic E-state index is 0.105. The molecule has 0 spiro atoms. The van der Waals surface area contributed by atoms with Crippen LogP contribution in [0.4, 0.5) is 11.4 Å². The highest BCUT2D eigenvalue weighted by molar-refractivity contribution is 6.01. The number of ether oxygens (including phenoxy) is 1. The molecule has 0 unspecified atom stereocenters. The maximum atomic E-state index is 12.6. The number of nitrogens with one attached hydrogen (secondary N) is 2. The molecule has 1 heterocycles. The van der Waals surface area contributed by atoms with Crippen LogP contribution in [-0.2, 0) is 20.9 Å². The maximum absolute atomic E-state index is 12.6. The van der Waals surface area contributed by atoms with Crippen LogP contribution in [0.25, 0.3) is 0 Å². The van der Waals surface area contributed by atoms with E-state index in [1.54, 1.807) is 29.2 Å². The molecule has 3 rings (SSSR count). The van der Waals surface area contributed by atoms with E-state index in [1.165, 1.54) is 6.92 Å². The Labute approximate surface area is 170 Å². The molecular formula is C22H25N3O4. The summed E-state index contributed by atoms with van der Waals surface area (Å²) in [6.07, 6.45) is 0.166. The zero-order valence-electron chi connectivity index (χ0n) is 16.6. The summed E-state index contributed by atoms with van der Waals surface area (Å²) in [6, 6.07) is 14.6. The van der Waals surface area contributed by atoms with Gasteiger partial charge in [0.05, 0.1) is 12.5 Å². The SMILES string of the molecule is CCOc1ccc(CNC(=O)[C@H]2CC(=O)N(c3cccc(NC(C)=O)c3)C2)cc1. The van der Waals surface area contributed by atoms with Gasteiger partial charge in [-0.15, -0.1) is 0 Å². The van der Waals surface area contributed by atoms with Crippen molar-refractivity contribution < 1.29 is 19.1 Å². The fraction of sp³-hybridized carbons (Fsp3) is 0.318. The molecule has 29 heavy (non-hydrogen) atoms. The Hall–Kier alpha value is -3.35. The van der Waals surface area contributed by atoms with E-state index >= 15 is 0 Å². The van der Waals surface area contributed by atoms with E-state index < -0.39 is 5.92 Å². The Morgan fingerprint density at radius 1 is 1.17 bits per heavy atom. The van der Waals surface area contributed by atoms with Gasteiger partial charge in [-0.2, -0.15) is 0 Å². The van der Waals surface area contributed by atoms with Gasteiger partial charge in [-0.1, -0.05) is 18.2 Å². The molecular weight excluding hydrogens is 370 g/mol. The second kappa shape index (κ2) is 9.23. The Morgan fingerprint density at radius 3 is 2.62 bits per heavy atom. The van der Waals surface area contributed by atoms with Gasteiger partial charge < -0.3 is 20.3 Å². The van der Waals surface area contributed by atoms with Gasteiger partial charge in [0.25, 0.3) is 0 Å². The molecule has 0 aliphatic carbocycles. The predicted molar refractivity (Wildman–Crippen MR) is 111 cm³/mol. The molecule has 0 radical (unpaired) electrons. The number of nitrogens with zero attached hydrogens (tertiary/aromatic N) is 1. The average Bonchev–Trinajstić information content (AvgIpc) is 3.09. The Balaban J connectivity index is 1.58. The third kappa shape index (κ3) is 5.34. The fourth-order valence-corrected chi connectivity index (χ4v) is 3.29. The lowest BCUT2D eigenvalue weighted by Crippen LogP contribution is -2.32. The Kier molecular flexibility index (Phi) is 6.49. The summed E-state index contributed by atoms with van der Waals surface area (Å²) in [5.41, 5.74) is 2.25. The van der Waals surface area contributed by atoms with Crippen LogP contribution in [0.5, 0.6) is 5.75 Å². The molecule has 7 heteroatoms. The summed E-state index contributed by atoms with van der Waals surface area (Å²) < 4.78 is 5.41. The van der Waals surface area contributed by atoms with E-state index in [1.807, 2.05) is 31.2 Å². The van der Waals surface area contributed by atoms with E-state index in [4.69, 9.17) is 4.74 Å². The average molecular weight is 395 g/mol. The minimum atomic E-state index is -0.408. The topological polar surface area (TPSA) is 87.7 Å². The Morgan fingerprint density at radius 2 is 1.93 bits per heavy atom. The van der Waals surface area contributed by atoms with E-state index in [-0.39, 0.29) is 24.1 Å². The number of carbonyl (C=O) groups excluding carboxylic acids is 3. The molecule has 1 aliphatic rings. The van der Waals surface area contributed by atoms with Crippen molar-refractivity contribution in [3.05, 3.63) is 54.1 Å². The number of rotatable bonds is 7. The smallest absolute Gasteiger partial charge is 0.227 e. The lowest BCUT2D eigenvalue weighted by Gasteiger charge is -2.18. The third-order valence-corrected chi connectivity index (χ3v) is 4.68. The summed E-state index contributed by atoms with van der Waals surface area (Å²) in [6.45, 7) is 4.68. The molecule has 3 amide bonds. The van der Waals surface area contributed by atoms with E-state index in [0.29, 0.717) is 31.1 Å². The van der Waals surface area contributed by atoms with Gasteiger partial charge in [-0.25, -0.2) is 0 Å². The lowest BCUT2D eigenvalue weighted by molar-refractivity contribution is -0.126. The molecule has 1 saturated heterocycles. The highest BCUT2D eigenvalue weighted by Crippen LogP contribution is 2.27. The summed E-state index contributed by atoms with van der Waals surface area (Å²) >= 11 is 0. The highest BCUT2D eigenvalue weighted by Gasteiger charge is 2.35. The van der Waals surface area contributed by atoms with Gasteiger partial charge >= 0.3 is 0 Å². The summed E-state index contributed by atoms with van der Waals surface area (Å²) in [5.74, 6) is -0.0453. The Bertz CT molecular complexity index is 895. The molecule has 2 aromatic carbocycles. The molecule has 2 N–H and O–H groups in total. The fourth-order valence-electron chi connectivity index (χ4n) is 3.29. The van der Waals surface area contributed by atoms with Crippen molar-refractivity contribution in [2.24, 2.45) is 5.92 Å². The summed E-state index contributed by atoms with van der Waals surface area (Å²) in [4.78, 5) is 37.8. The largest absolute Gasteiger partial charge is 0.494 e. The van der Waals surface area contributed by atoms with E-state index in [2.05, 4.69) is 10.6 Å². The quantitative estimate of drug-likeness (QED) is 0.755. The van der Waals surface area contributed by atoms with E-state index in [0.717, 1.165) is 11.3 Å². The van der Waals surface area contributed by atoms with Crippen LogP contribution >= 0.6 is 0 Å². The standard InChI is InChI=1S/C22H25N3O4/c1-3-29-20-9-7-16(8-10-20)13-23-22(28)17-11-21(27)25(14-17)19-6-4-5-18(12-19)24-15(2)26/h4-10,12,17H,3,11,13-14H2,1-2H3,(H,23,28)(H,24,26)/t17-/m0/s1. The van der Waals surface area contributed by atoms with Crippen LogP contribution in [0, 0.1) is 5.92 Å². The molecule has 1 atom stereocenters. The van der Waals surface area contributed by atoms with Crippen LogP contribution < -0.4 is 20.3 Å². The van der Waals surface area contributed by atoms with Crippen molar-refractivity contribution in [1.29, 1.82) is 0 Å². The predicted octanol–water partition coefficient (Wildman–Crippen LogP) is 2.71. The number of anilines is 2. The van der Waals surface area contributed by atoms with Crippen LogP contribution in [0.1, 0.15) is 25.8 Å². The van der Waals surface area contributed by atoms with Crippen molar-refractivity contribution in [3.8, 4) is 5.75 Å². The molecule has 1 aliphatic heterocycles. The molecule has 1 fully saturated rings. The van der Waals surface area contributed by atoms with Gasteiger partial charge in [0.1, 0.15) is 5.75 Å². The third-order valence-electron chi connectivity index (χ3n) is 4.68. The summed E-state index contributed by atoms with van der Waals surface area (Å²) in [7, 11) is 0. The minimum Gasteiger partial charge on any atom is -0.494 e. The van der Waals surface area contributed by atoms with Gasteiger partial charge in [-0.05, 0) is 42.8 Å². The number of carbonyl (C=O) groups is 3. The van der Waals surface area contributed by atoms with Crippen LogP contribution in [-0.4, -0.2) is 30.9 Å². The molecule has 0 aromatic heterocycles. The van der Waals surface area contributed by atoms with Crippen LogP contribution in [0.3, 0.4) is 0 Å². The summed E-state index contributed by atoms with van der Waals surface area (Å²) in [5, 5.41) is 5.61. The van der Waals surface area contributed by atoms with Crippen molar-refractivity contribution in [1.82, 2.24) is 5.32 Å². The second-order valence-electron chi connectivity index (χ2n) is 6.93. The highest BCUT2D eigenvalue weighted by atomic mass is 16.5. The van der Waals surface area contributed by atoms with Gasteiger partial charge in [-0.3, -0.25) is 14.4 Å². The van der Waals surface area contributed by atoms with Gasteiger partial charge in [0.15, 0.2) is 0 Å². The van der Waals surface area contributed by atoms with Crippen molar-refractivity contribution in [2.75, 3.05) is 23.4 Å². The first-order chi connectivity index (χ1) is 14.0. The first-order valence-electron chi connectivity index (χ1n) is 9.63. The maximum Gasteiger partial charge on any atom is 0.227 e. The first kappa shape index (κ1) is 20.4. The molecule has 152 valence electrons. The van der Waals surface area contributed by atoms with Crippen LogP contribution in [0.2, 0.25) is 0 Å². The first-order valence-corrected chi connectivity index (χ1v) is 9.63. The molecule has 2 aromatic rings. The molecule has 0 saturated carbocycles. The number of amides is 3.